The van der Waals surface area contributed by atoms with Crippen LogP contribution in [-0.4, -0.2) is 58.5 Å². The first kappa shape index (κ1) is 32.4. The molecule has 2 amide bonds. The first-order valence-corrected chi connectivity index (χ1v) is 15.1. The van der Waals surface area contributed by atoms with E-state index in [1.807, 2.05) is 13.8 Å². The van der Waals surface area contributed by atoms with Crippen LogP contribution in [0.2, 0.25) is 0 Å². The van der Waals surface area contributed by atoms with Crippen molar-refractivity contribution in [1.29, 1.82) is 0 Å². The van der Waals surface area contributed by atoms with Gasteiger partial charge >= 0.3 is 0 Å². The van der Waals surface area contributed by atoms with Crippen LogP contribution in [-0.2, 0) is 26.2 Å². The van der Waals surface area contributed by atoms with Gasteiger partial charge in [-0.25, -0.2) is 12.8 Å². The summed E-state index contributed by atoms with van der Waals surface area (Å²) in [4.78, 5) is 28.8. The molecular formula is C31H38FN3O6S. The van der Waals surface area contributed by atoms with E-state index in [0.717, 1.165) is 4.31 Å². The van der Waals surface area contributed by atoms with Crippen molar-refractivity contribution < 1.29 is 31.9 Å². The molecule has 0 aliphatic rings. The molecular weight excluding hydrogens is 561 g/mol. The number of carbonyl (C=O) groups is 2. The van der Waals surface area contributed by atoms with E-state index in [9.17, 15) is 22.4 Å². The van der Waals surface area contributed by atoms with Gasteiger partial charge in [-0.3, -0.25) is 13.9 Å². The highest BCUT2D eigenvalue weighted by Gasteiger charge is 2.35. The van der Waals surface area contributed by atoms with E-state index in [0.29, 0.717) is 17.9 Å². The molecule has 0 aliphatic carbocycles. The topological polar surface area (TPSA) is 105 Å². The highest BCUT2D eigenvalue weighted by atomic mass is 32.2. The number of halogens is 1. The zero-order valence-corrected chi connectivity index (χ0v) is 25.4. The fourth-order valence-corrected chi connectivity index (χ4v) is 5.79. The van der Waals surface area contributed by atoms with Gasteiger partial charge in [0.05, 0.1) is 24.8 Å². The number of ether oxygens (including phenoxy) is 2. The molecule has 0 spiro atoms. The average Bonchev–Trinajstić information content (AvgIpc) is 2.99. The van der Waals surface area contributed by atoms with Crippen molar-refractivity contribution in [3.63, 3.8) is 0 Å². The van der Waals surface area contributed by atoms with Crippen LogP contribution >= 0.6 is 0 Å². The second-order valence-corrected chi connectivity index (χ2v) is 11.9. The van der Waals surface area contributed by atoms with E-state index in [4.69, 9.17) is 9.47 Å². The second-order valence-electron chi connectivity index (χ2n) is 10.1. The first-order chi connectivity index (χ1) is 20.0. The Hall–Kier alpha value is -4.12. The third-order valence-corrected chi connectivity index (χ3v) is 8.38. The molecule has 1 N–H and O–H groups in total. The van der Waals surface area contributed by atoms with Crippen molar-refractivity contribution in [1.82, 2.24) is 10.2 Å². The van der Waals surface area contributed by atoms with E-state index < -0.39 is 34.3 Å². The van der Waals surface area contributed by atoms with Gasteiger partial charge in [0.2, 0.25) is 11.8 Å². The van der Waals surface area contributed by atoms with E-state index in [1.165, 1.54) is 61.6 Å². The molecule has 1 atom stereocenters. The minimum Gasteiger partial charge on any atom is -0.497 e. The summed E-state index contributed by atoms with van der Waals surface area (Å²) in [6.07, 6.45) is 0.269. The number of benzene rings is 3. The lowest BCUT2D eigenvalue weighted by Gasteiger charge is -2.33. The van der Waals surface area contributed by atoms with Crippen LogP contribution in [0.5, 0.6) is 11.5 Å². The van der Waals surface area contributed by atoms with Gasteiger partial charge in [-0.15, -0.1) is 0 Å². The minimum atomic E-state index is -4.29. The molecule has 226 valence electrons. The molecule has 1 unspecified atom stereocenters. The van der Waals surface area contributed by atoms with Gasteiger partial charge in [-0.2, -0.15) is 0 Å². The third kappa shape index (κ3) is 8.00. The highest BCUT2D eigenvalue weighted by molar-refractivity contribution is 7.92. The van der Waals surface area contributed by atoms with Gasteiger partial charge in [0.25, 0.3) is 10.0 Å². The molecule has 0 fully saturated rings. The molecule has 0 heterocycles. The number of amides is 2. The number of hydrogen-bond donors (Lipinski definition) is 1. The number of nitrogens with zero attached hydrogens (tertiary/aromatic N) is 2. The molecule has 0 saturated carbocycles. The molecule has 3 rings (SSSR count). The summed E-state index contributed by atoms with van der Waals surface area (Å²) >= 11 is 0. The fourth-order valence-electron chi connectivity index (χ4n) is 4.35. The van der Waals surface area contributed by atoms with Gasteiger partial charge in [0.15, 0.2) is 0 Å². The maximum atomic E-state index is 14.2. The lowest BCUT2D eigenvalue weighted by atomic mass is 10.1. The summed E-state index contributed by atoms with van der Waals surface area (Å²) in [5, 5.41) is 2.88. The number of carbonyl (C=O) groups excluding carboxylic acids is 2. The van der Waals surface area contributed by atoms with Crippen LogP contribution < -0.4 is 19.1 Å². The summed E-state index contributed by atoms with van der Waals surface area (Å²) in [5.41, 5.74) is 0.671. The molecule has 0 saturated heterocycles. The number of rotatable bonds is 14. The predicted molar refractivity (Wildman–Crippen MR) is 159 cm³/mol. The molecule has 0 aromatic heterocycles. The normalized spacial score (nSPS) is 12.0. The summed E-state index contributed by atoms with van der Waals surface area (Å²) in [6, 6.07) is 17.1. The highest BCUT2D eigenvalue weighted by Crippen LogP contribution is 2.36. The Labute approximate surface area is 247 Å². The van der Waals surface area contributed by atoms with Crippen molar-refractivity contribution in [3.8, 4) is 11.5 Å². The number of nitrogens with one attached hydrogen (secondary N) is 1. The summed E-state index contributed by atoms with van der Waals surface area (Å²) in [6.45, 7) is 5.40. The lowest BCUT2D eigenvalue weighted by molar-refractivity contribution is -0.140. The number of sulfonamides is 1. The molecule has 3 aromatic carbocycles. The summed E-state index contributed by atoms with van der Waals surface area (Å²) < 4.78 is 53.5. The maximum Gasteiger partial charge on any atom is 0.264 e. The number of methoxy groups -OCH3 is 2. The summed E-state index contributed by atoms with van der Waals surface area (Å²) in [7, 11) is -1.45. The Morgan fingerprint density at radius 3 is 2.19 bits per heavy atom. The van der Waals surface area contributed by atoms with E-state index in [-0.39, 0.29) is 41.1 Å². The minimum absolute atomic E-state index is 0.0329. The Kier molecular flexibility index (Phi) is 11.3. The average molecular weight is 600 g/mol. The van der Waals surface area contributed by atoms with Crippen LogP contribution in [0.4, 0.5) is 10.1 Å². The van der Waals surface area contributed by atoms with E-state index in [1.54, 1.807) is 37.3 Å². The fraction of sp³-hybridized carbons (Fsp3) is 0.355. The molecule has 0 bridgehead atoms. The van der Waals surface area contributed by atoms with Crippen molar-refractivity contribution in [3.05, 3.63) is 84.2 Å². The molecule has 9 nitrogen and oxygen atoms in total. The molecule has 3 aromatic rings. The van der Waals surface area contributed by atoms with Crippen molar-refractivity contribution in [2.75, 3.05) is 31.6 Å². The Morgan fingerprint density at radius 1 is 0.952 bits per heavy atom. The first-order valence-electron chi connectivity index (χ1n) is 13.6. The van der Waals surface area contributed by atoms with Gasteiger partial charge in [-0.1, -0.05) is 51.1 Å². The smallest absolute Gasteiger partial charge is 0.264 e. The zero-order chi connectivity index (χ0) is 30.9. The monoisotopic (exact) mass is 599 g/mol. The molecule has 0 aliphatic heterocycles. The van der Waals surface area contributed by atoms with Crippen LogP contribution in [0.1, 0.15) is 32.8 Å². The van der Waals surface area contributed by atoms with Gasteiger partial charge in [0, 0.05) is 19.2 Å². The van der Waals surface area contributed by atoms with Crippen LogP contribution in [0, 0.1) is 11.7 Å². The van der Waals surface area contributed by atoms with Crippen LogP contribution in [0.25, 0.3) is 0 Å². The van der Waals surface area contributed by atoms with E-state index >= 15 is 0 Å². The third-order valence-electron chi connectivity index (χ3n) is 6.60. The maximum absolute atomic E-state index is 14.2. The zero-order valence-electron chi connectivity index (χ0n) is 24.5. The molecule has 11 heteroatoms. The second kappa shape index (κ2) is 14.7. The summed E-state index contributed by atoms with van der Waals surface area (Å²) in [5.74, 6) is -0.694. The molecule has 42 heavy (non-hydrogen) atoms. The number of anilines is 1. The van der Waals surface area contributed by atoms with Gasteiger partial charge in [-0.05, 0) is 54.3 Å². The van der Waals surface area contributed by atoms with Crippen molar-refractivity contribution >= 4 is 27.5 Å². The SMILES string of the molecule is CCC(C(=O)NCC(C)C)N(Cc1ccc(F)cc1)C(=O)CN(c1cc(OC)ccc1OC)S(=O)(=O)c1ccccc1. The Bertz CT molecular complexity index is 1450. The van der Waals surface area contributed by atoms with Gasteiger partial charge < -0.3 is 19.7 Å². The predicted octanol–water partition coefficient (Wildman–Crippen LogP) is 4.62. The largest absolute Gasteiger partial charge is 0.497 e. The van der Waals surface area contributed by atoms with Crippen molar-refractivity contribution in [2.45, 2.75) is 44.7 Å². The quantitative estimate of drug-likeness (QED) is 0.290. The van der Waals surface area contributed by atoms with Crippen LogP contribution in [0.15, 0.2) is 77.7 Å². The standard InChI is InChI=1S/C31H38FN3O6S/c1-6-27(31(37)33-19-22(2)3)34(20-23-12-14-24(32)15-13-23)30(36)21-35(42(38,39)26-10-8-7-9-11-26)28-18-25(40-4)16-17-29(28)41-5/h7-18,22,27H,6,19-21H2,1-5H3,(H,33,37). The number of hydrogen-bond acceptors (Lipinski definition) is 6. The van der Waals surface area contributed by atoms with Crippen LogP contribution in [0.3, 0.4) is 0 Å². The van der Waals surface area contributed by atoms with Crippen molar-refractivity contribution in [2.24, 2.45) is 5.92 Å². The van der Waals surface area contributed by atoms with Gasteiger partial charge in [0.1, 0.15) is 29.9 Å². The molecule has 0 radical (unpaired) electrons. The lowest BCUT2D eigenvalue weighted by Crippen LogP contribution is -2.52. The Balaban J connectivity index is 2.12. The Morgan fingerprint density at radius 2 is 1.62 bits per heavy atom. The van der Waals surface area contributed by atoms with E-state index in [2.05, 4.69) is 5.32 Å².